The van der Waals surface area contributed by atoms with Crippen molar-refractivity contribution in [1.82, 2.24) is 9.97 Å². The molecule has 1 aromatic carbocycles. The van der Waals surface area contributed by atoms with E-state index in [1.807, 2.05) is 13.8 Å². The van der Waals surface area contributed by atoms with Crippen molar-refractivity contribution in [3.8, 4) is 5.75 Å². The summed E-state index contributed by atoms with van der Waals surface area (Å²) in [6.45, 7) is 3.87. The molecule has 0 radical (unpaired) electrons. The van der Waals surface area contributed by atoms with E-state index in [0.717, 1.165) is 18.1 Å². The van der Waals surface area contributed by atoms with Crippen molar-refractivity contribution in [1.29, 1.82) is 0 Å². The lowest BCUT2D eigenvalue weighted by molar-refractivity contribution is 0.0689. The molecule has 2 aromatic rings. The van der Waals surface area contributed by atoms with Crippen LogP contribution in [0.2, 0.25) is 0 Å². The Labute approximate surface area is 133 Å². The summed E-state index contributed by atoms with van der Waals surface area (Å²) in [6.07, 6.45) is 2.28. The predicted molar refractivity (Wildman–Crippen MR) is 83.9 cm³/mol. The molecule has 0 saturated heterocycles. The number of rotatable bonds is 5. The molecule has 0 bridgehead atoms. The number of amides is 1. The summed E-state index contributed by atoms with van der Waals surface area (Å²) in [7, 11) is 1.60. The van der Waals surface area contributed by atoms with Gasteiger partial charge in [0.15, 0.2) is 5.69 Å². The number of anilines is 1. The van der Waals surface area contributed by atoms with Crippen molar-refractivity contribution in [2.24, 2.45) is 0 Å². The zero-order chi connectivity index (χ0) is 17.0. The third-order valence-corrected chi connectivity index (χ3v) is 2.99. The third kappa shape index (κ3) is 4.03. The van der Waals surface area contributed by atoms with E-state index in [9.17, 15) is 9.59 Å². The lowest BCUT2D eigenvalue weighted by Gasteiger charge is -2.17. The smallest absolute Gasteiger partial charge is 0.356 e. The maximum Gasteiger partial charge on any atom is 0.356 e. The second kappa shape index (κ2) is 6.87. The molecule has 0 unspecified atom stereocenters. The quantitative estimate of drug-likeness (QED) is 0.909. The highest BCUT2D eigenvalue weighted by Crippen LogP contribution is 2.20. The Balaban J connectivity index is 2.14. The van der Waals surface area contributed by atoms with E-state index >= 15 is 0 Å². The van der Waals surface area contributed by atoms with Crippen LogP contribution in [0.25, 0.3) is 0 Å². The van der Waals surface area contributed by atoms with E-state index in [1.54, 1.807) is 31.3 Å². The van der Waals surface area contributed by atoms with Gasteiger partial charge in [-0.3, -0.25) is 4.79 Å². The number of hydrogen-bond acceptors (Lipinski definition) is 5. The Morgan fingerprint density at radius 2 is 1.65 bits per heavy atom. The van der Waals surface area contributed by atoms with Gasteiger partial charge in [0.05, 0.1) is 18.5 Å². The van der Waals surface area contributed by atoms with E-state index < -0.39 is 5.97 Å². The first-order valence-electron chi connectivity index (χ1n) is 6.98. The van der Waals surface area contributed by atoms with Gasteiger partial charge in [-0.25, -0.2) is 14.8 Å². The highest BCUT2D eigenvalue weighted by Gasteiger charge is 2.16. The summed E-state index contributed by atoms with van der Waals surface area (Å²) >= 11 is 0. The minimum atomic E-state index is -1.19. The molecule has 23 heavy (non-hydrogen) atoms. The van der Waals surface area contributed by atoms with Gasteiger partial charge in [0, 0.05) is 12.7 Å². The second-order valence-corrected chi connectivity index (χ2v) is 5.12. The van der Waals surface area contributed by atoms with E-state index in [1.165, 1.54) is 4.90 Å². The van der Waals surface area contributed by atoms with Gasteiger partial charge < -0.3 is 14.7 Å². The maximum absolute atomic E-state index is 12.3. The number of carbonyl (C=O) groups is 2. The number of hydrogen-bond donors (Lipinski definition) is 1. The van der Waals surface area contributed by atoms with Gasteiger partial charge in [0.1, 0.15) is 11.4 Å². The average molecular weight is 315 g/mol. The molecule has 2 rings (SSSR count). The highest BCUT2D eigenvalue weighted by molar-refractivity contribution is 6.04. The molecule has 0 aliphatic heterocycles. The standard InChI is InChI=1S/C16H17N3O4/c1-10(2)23-12-6-4-11(5-7-12)19(3)15(20)13-8-18-14(9-17-13)16(21)22/h4-10H,1-3H3,(H,21,22). The molecule has 1 heterocycles. The number of carboxylic acids is 1. The molecule has 0 spiro atoms. The van der Waals surface area contributed by atoms with Crippen LogP contribution >= 0.6 is 0 Å². The molecule has 7 nitrogen and oxygen atoms in total. The van der Waals surface area contributed by atoms with Crippen LogP contribution in [-0.2, 0) is 0 Å². The van der Waals surface area contributed by atoms with Crippen LogP contribution in [0.3, 0.4) is 0 Å². The van der Waals surface area contributed by atoms with Gasteiger partial charge >= 0.3 is 5.97 Å². The lowest BCUT2D eigenvalue weighted by Crippen LogP contribution is -2.27. The molecule has 0 saturated carbocycles. The van der Waals surface area contributed by atoms with Crippen molar-refractivity contribution in [3.63, 3.8) is 0 Å². The Kier molecular flexibility index (Phi) is 4.90. The van der Waals surface area contributed by atoms with Crippen molar-refractivity contribution < 1.29 is 19.4 Å². The number of carbonyl (C=O) groups excluding carboxylic acids is 1. The van der Waals surface area contributed by atoms with E-state index in [4.69, 9.17) is 9.84 Å². The number of nitrogens with zero attached hydrogens (tertiary/aromatic N) is 3. The highest BCUT2D eigenvalue weighted by atomic mass is 16.5. The van der Waals surface area contributed by atoms with Crippen LogP contribution in [0, 0.1) is 0 Å². The Morgan fingerprint density at radius 1 is 1.09 bits per heavy atom. The first-order valence-corrected chi connectivity index (χ1v) is 6.98. The van der Waals surface area contributed by atoms with Crippen LogP contribution in [0.15, 0.2) is 36.7 Å². The SMILES string of the molecule is CC(C)Oc1ccc(N(C)C(=O)c2cnc(C(=O)O)cn2)cc1. The second-order valence-electron chi connectivity index (χ2n) is 5.12. The summed E-state index contributed by atoms with van der Waals surface area (Å²) in [5, 5.41) is 8.78. The van der Waals surface area contributed by atoms with Gasteiger partial charge in [0.2, 0.25) is 0 Å². The van der Waals surface area contributed by atoms with Crippen LogP contribution in [-0.4, -0.2) is 40.1 Å². The molecule has 1 amide bonds. The predicted octanol–water partition coefficient (Wildman–Crippen LogP) is 2.24. The van der Waals surface area contributed by atoms with Crippen LogP contribution in [0.4, 0.5) is 5.69 Å². The van der Waals surface area contributed by atoms with Gasteiger partial charge in [-0.1, -0.05) is 0 Å². The molecule has 1 N–H and O–H groups in total. The minimum Gasteiger partial charge on any atom is -0.491 e. The molecule has 0 aliphatic carbocycles. The molecule has 7 heteroatoms. The fraction of sp³-hybridized carbons (Fsp3) is 0.250. The van der Waals surface area contributed by atoms with E-state index in [0.29, 0.717) is 5.69 Å². The molecule has 1 aromatic heterocycles. The largest absolute Gasteiger partial charge is 0.491 e. The minimum absolute atomic E-state index is 0.0695. The summed E-state index contributed by atoms with van der Waals surface area (Å²) < 4.78 is 5.55. The van der Waals surface area contributed by atoms with Crippen molar-refractivity contribution in [2.75, 3.05) is 11.9 Å². The van der Waals surface area contributed by atoms with E-state index in [2.05, 4.69) is 9.97 Å². The van der Waals surface area contributed by atoms with Gasteiger partial charge in [-0.15, -0.1) is 0 Å². The zero-order valence-electron chi connectivity index (χ0n) is 13.1. The maximum atomic E-state index is 12.3. The Hall–Kier alpha value is -2.96. The molecule has 0 atom stereocenters. The zero-order valence-corrected chi connectivity index (χ0v) is 13.1. The third-order valence-electron chi connectivity index (χ3n) is 2.99. The number of aromatic nitrogens is 2. The Bertz CT molecular complexity index is 696. The van der Waals surface area contributed by atoms with Crippen LogP contribution in [0.5, 0.6) is 5.75 Å². The fourth-order valence-electron chi connectivity index (χ4n) is 1.86. The molecule has 0 aliphatic rings. The molecular formula is C16H17N3O4. The number of aromatic carboxylic acids is 1. The van der Waals surface area contributed by atoms with Crippen LogP contribution in [0.1, 0.15) is 34.8 Å². The summed E-state index contributed by atoms with van der Waals surface area (Å²) in [6, 6.07) is 7.07. The topological polar surface area (TPSA) is 92.6 Å². The van der Waals surface area contributed by atoms with E-state index in [-0.39, 0.29) is 23.4 Å². The van der Waals surface area contributed by atoms with Crippen LogP contribution < -0.4 is 9.64 Å². The summed E-state index contributed by atoms with van der Waals surface area (Å²) in [5.74, 6) is -0.854. The number of carboxylic acid groups (broad SMARTS) is 1. The molecule has 120 valence electrons. The normalized spacial score (nSPS) is 10.4. The fourth-order valence-corrected chi connectivity index (χ4v) is 1.86. The summed E-state index contributed by atoms with van der Waals surface area (Å²) in [4.78, 5) is 32.0. The van der Waals surface area contributed by atoms with Gasteiger partial charge in [0.25, 0.3) is 5.91 Å². The summed E-state index contributed by atoms with van der Waals surface area (Å²) in [5.41, 5.74) is 0.523. The molecular weight excluding hydrogens is 298 g/mol. The van der Waals surface area contributed by atoms with Crippen molar-refractivity contribution >= 4 is 17.6 Å². The van der Waals surface area contributed by atoms with Crippen molar-refractivity contribution in [2.45, 2.75) is 20.0 Å². The first-order chi connectivity index (χ1) is 10.9. The lowest BCUT2D eigenvalue weighted by atomic mass is 10.2. The average Bonchev–Trinajstić information content (AvgIpc) is 2.53. The van der Waals surface area contributed by atoms with Gasteiger partial charge in [-0.2, -0.15) is 0 Å². The number of benzene rings is 1. The van der Waals surface area contributed by atoms with Crippen molar-refractivity contribution in [3.05, 3.63) is 48.0 Å². The Morgan fingerprint density at radius 3 is 2.13 bits per heavy atom. The molecule has 0 fully saturated rings. The monoisotopic (exact) mass is 315 g/mol. The number of ether oxygens (including phenoxy) is 1. The first kappa shape index (κ1) is 16.4. The van der Waals surface area contributed by atoms with Gasteiger partial charge in [-0.05, 0) is 38.1 Å².